The molecule has 0 unspecified atom stereocenters. The number of methoxy groups -OCH3 is 1. The largest absolute Gasteiger partial charge is 0.497 e. The minimum Gasteiger partial charge on any atom is -0.497 e. The van der Waals surface area contributed by atoms with Crippen LogP contribution >= 0.6 is 11.3 Å². The fourth-order valence-corrected chi connectivity index (χ4v) is 2.91. The summed E-state index contributed by atoms with van der Waals surface area (Å²) in [5.74, 6) is 0.784. The average Bonchev–Trinajstić information content (AvgIpc) is 3.13. The molecule has 2 heterocycles. The molecule has 0 radical (unpaired) electrons. The zero-order valence-corrected chi connectivity index (χ0v) is 14.0. The molecule has 0 atom stereocenters. The van der Waals surface area contributed by atoms with Gasteiger partial charge in [-0.05, 0) is 52.7 Å². The fraction of sp³-hybridized carbons (Fsp3) is 0.167. The van der Waals surface area contributed by atoms with Crippen LogP contribution in [0.5, 0.6) is 5.75 Å². The van der Waals surface area contributed by atoms with Crippen molar-refractivity contribution >= 4 is 17.2 Å². The summed E-state index contributed by atoms with van der Waals surface area (Å²) in [5, 5.41) is 6.83. The summed E-state index contributed by atoms with van der Waals surface area (Å²) >= 11 is 1.59. The molecule has 0 aliphatic rings. The number of aromatic nitrogens is 2. The highest BCUT2D eigenvalue weighted by Crippen LogP contribution is 2.20. The Morgan fingerprint density at radius 2 is 2.04 bits per heavy atom. The Labute approximate surface area is 144 Å². The highest BCUT2D eigenvalue weighted by molar-refractivity contribution is 7.08. The molecule has 5 nitrogen and oxygen atoms in total. The van der Waals surface area contributed by atoms with Crippen molar-refractivity contribution in [3.05, 3.63) is 64.7 Å². The van der Waals surface area contributed by atoms with Crippen LogP contribution in [0.25, 0.3) is 11.3 Å². The third-order valence-corrected chi connectivity index (χ3v) is 4.25. The number of nitrogens with zero attached hydrogens (tertiary/aromatic N) is 2. The molecule has 1 aromatic carbocycles. The number of hydrogen-bond donors (Lipinski definition) is 1. The first kappa shape index (κ1) is 16.1. The molecule has 0 aliphatic heterocycles. The topological polar surface area (TPSA) is 64.1 Å². The number of carbonyl (C=O) groups is 1. The Kier molecular flexibility index (Phi) is 5.18. The second-order valence-corrected chi connectivity index (χ2v) is 5.99. The summed E-state index contributed by atoms with van der Waals surface area (Å²) in [6, 6.07) is 11.5. The van der Waals surface area contributed by atoms with Gasteiger partial charge in [0, 0.05) is 5.56 Å². The van der Waals surface area contributed by atoms with Crippen LogP contribution in [0.15, 0.2) is 53.5 Å². The van der Waals surface area contributed by atoms with Crippen molar-refractivity contribution in [2.24, 2.45) is 0 Å². The summed E-state index contributed by atoms with van der Waals surface area (Å²) in [7, 11) is 1.64. The molecular weight excluding hydrogens is 322 g/mol. The molecule has 0 saturated carbocycles. The van der Waals surface area contributed by atoms with E-state index in [1.165, 1.54) is 6.33 Å². The lowest BCUT2D eigenvalue weighted by molar-refractivity contribution is -0.120. The van der Waals surface area contributed by atoms with Crippen molar-refractivity contribution in [2.75, 3.05) is 7.11 Å². The van der Waals surface area contributed by atoms with Gasteiger partial charge in [-0.15, -0.1) is 0 Å². The first-order chi connectivity index (χ1) is 11.7. The highest BCUT2D eigenvalue weighted by atomic mass is 32.1. The van der Waals surface area contributed by atoms with E-state index >= 15 is 0 Å². The van der Waals surface area contributed by atoms with Gasteiger partial charge in [0.05, 0.1) is 31.5 Å². The van der Waals surface area contributed by atoms with Gasteiger partial charge in [-0.3, -0.25) is 4.79 Å². The van der Waals surface area contributed by atoms with Gasteiger partial charge in [0.1, 0.15) is 12.1 Å². The Bertz CT molecular complexity index is 801. The quantitative estimate of drug-likeness (QED) is 0.750. The maximum atomic E-state index is 11.9. The molecule has 24 heavy (non-hydrogen) atoms. The van der Waals surface area contributed by atoms with E-state index in [1.807, 2.05) is 47.2 Å². The van der Waals surface area contributed by atoms with E-state index in [9.17, 15) is 4.79 Å². The van der Waals surface area contributed by atoms with Crippen LogP contribution in [0, 0.1) is 0 Å². The number of rotatable bonds is 6. The zero-order chi connectivity index (χ0) is 16.8. The Hall–Kier alpha value is -2.73. The SMILES string of the molecule is COc1ccc(-c2cc(CNC(=O)Cc3ccsc3)ncn2)cc1. The molecule has 0 saturated heterocycles. The Morgan fingerprint density at radius 3 is 2.75 bits per heavy atom. The number of thiophene rings is 1. The lowest BCUT2D eigenvalue weighted by Gasteiger charge is -2.07. The molecule has 6 heteroatoms. The molecule has 0 fully saturated rings. The first-order valence-corrected chi connectivity index (χ1v) is 8.42. The summed E-state index contributed by atoms with van der Waals surface area (Å²) in [5.41, 5.74) is 3.59. The number of carbonyl (C=O) groups excluding carboxylic acids is 1. The van der Waals surface area contributed by atoms with Crippen LogP contribution < -0.4 is 10.1 Å². The van der Waals surface area contributed by atoms with Crippen LogP contribution in [0.3, 0.4) is 0 Å². The molecule has 2 aromatic heterocycles. The van der Waals surface area contributed by atoms with Gasteiger partial charge in [-0.2, -0.15) is 11.3 Å². The van der Waals surface area contributed by atoms with E-state index < -0.39 is 0 Å². The Balaban J connectivity index is 1.63. The van der Waals surface area contributed by atoms with Crippen molar-refractivity contribution in [3.8, 4) is 17.0 Å². The smallest absolute Gasteiger partial charge is 0.224 e. The van der Waals surface area contributed by atoms with Crippen molar-refractivity contribution in [1.29, 1.82) is 0 Å². The van der Waals surface area contributed by atoms with Crippen LogP contribution in [0.1, 0.15) is 11.3 Å². The second-order valence-electron chi connectivity index (χ2n) is 5.21. The lowest BCUT2D eigenvalue weighted by Crippen LogP contribution is -2.24. The number of hydrogen-bond acceptors (Lipinski definition) is 5. The summed E-state index contributed by atoms with van der Waals surface area (Å²) in [6.45, 7) is 0.384. The predicted molar refractivity (Wildman–Crippen MR) is 93.9 cm³/mol. The number of ether oxygens (including phenoxy) is 1. The van der Waals surface area contributed by atoms with E-state index in [0.29, 0.717) is 13.0 Å². The minimum atomic E-state index is -0.0157. The molecule has 3 rings (SSSR count). The molecular formula is C18H17N3O2S. The van der Waals surface area contributed by atoms with Crippen molar-refractivity contribution < 1.29 is 9.53 Å². The predicted octanol–water partition coefficient (Wildman–Crippen LogP) is 3.07. The minimum absolute atomic E-state index is 0.0157. The maximum Gasteiger partial charge on any atom is 0.224 e. The third kappa shape index (κ3) is 4.17. The fourth-order valence-electron chi connectivity index (χ4n) is 2.24. The summed E-state index contributed by atoms with van der Waals surface area (Å²) < 4.78 is 5.16. The van der Waals surface area contributed by atoms with Gasteiger partial charge in [-0.1, -0.05) is 0 Å². The van der Waals surface area contributed by atoms with Crippen LogP contribution in [0.4, 0.5) is 0 Å². The molecule has 0 spiro atoms. The number of nitrogens with one attached hydrogen (secondary N) is 1. The lowest BCUT2D eigenvalue weighted by atomic mass is 10.1. The van der Waals surface area contributed by atoms with Crippen molar-refractivity contribution in [3.63, 3.8) is 0 Å². The summed E-state index contributed by atoms with van der Waals surface area (Å²) in [4.78, 5) is 20.5. The van der Waals surface area contributed by atoms with E-state index in [2.05, 4.69) is 15.3 Å². The van der Waals surface area contributed by atoms with E-state index in [4.69, 9.17) is 4.74 Å². The van der Waals surface area contributed by atoms with Crippen molar-refractivity contribution in [2.45, 2.75) is 13.0 Å². The van der Waals surface area contributed by atoms with Crippen LogP contribution in [-0.4, -0.2) is 23.0 Å². The maximum absolute atomic E-state index is 11.9. The number of benzene rings is 1. The number of amides is 1. The van der Waals surface area contributed by atoms with E-state index in [0.717, 1.165) is 28.3 Å². The van der Waals surface area contributed by atoms with Gasteiger partial charge in [-0.25, -0.2) is 9.97 Å². The molecule has 1 amide bonds. The molecule has 0 bridgehead atoms. The van der Waals surface area contributed by atoms with Crippen LogP contribution in [-0.2, 0) is 17.8 Å². The van der Waals surface area contributed by atoms with Crippen molar-refractivity contribution in [1.82, 2.24) is 15.3 Å². The van der Waals surface area contributed by atoms with E-state index in [-0.39, 0.29) is 5.91 Å². The zero-order valence-electron chi connectivity index (χ0n) is 13.2. The third-order valence-electron chi connectivity index (χ3n) is 3.52. The van der Waals surface area contributed by atoms with Gasteiger partial charge >= 0.3 is 0 Å². The monoisotopic (exact) mass is 339 g/mol. The summed E-state index contributed by atoms with van der Waals surface area (Å²) in [6.07, 6.45) is 1.90. The van der Waals surface area contributed by atoms with Gasteiger partial charge in [0.15, 0.2) is 0 Å². The highest BCUT2D eigenvalue weighted by Gasteiger charge is 2.06. The van der Waals surface area contributed by atoms with Crippen LogP contribution in [0.2, 0.25) is 0 Å². The molecule has 0 aliphatic carbocycles. The average molecular weight is 339 g/mol. The normalized spacial score (nSPS) is 10.4. The van der Waals surface area contributed by atoms with Gasteiger partial charge in [0.25, 0.3) is 0 Å². The molecule has 1 N–H and O–H groups in total. The molecule has 122 valence electrons. The van der Waals surface area contributed by atoms with Gasteiger partial charge in [0.2, 0.25) is 5.91 Å². The second kappa shape index (κ2) is 7.70. The first-order valence-electron chi connectivity index (χ1n) is 7.48. The standard InChI is InChI=1S/C18H17N3O2S/c1-23-16-4-2-14(3-5-16)17-9-15(20-12-21-17)10-19-18(22)8-13-6-7-24-11-13/h2-7,9,11-12H,8,10H2,1H3,(H,19,22). The van der Waals surface area contributed by atoms with Gasteiger partial charge < -0.3 is 10.1 Å². The molecule has 3 aromatic rings. The van der Waals surface area contributed by atoms with E-state index in [1.54, 1.807) is 18.4 Å². The Morgan fingerprint density at radius 1 is 1.21 bits per heavy atom.